The third kappa shape index (κ3) is 3.67. The fourth-order valence-corrected chi connectivity index (χ4v) is 4.29. The lowest BCUT2D eigenvalue weighted by molar-refractivity contribution is -0.0848. The molecule has 3 aliphatic rings. The van der Waals surface area contributed by atoms with Crippen LogP contribution >= 0.6 is 11.6 Å². The van der Waals surface area contributed by atoms with E-state index in [0.717, 1.165) is 18.7 Å². The quantitative estimate of drug-likeness (QED) is 0.741. The van der Waals surface area contributed by atoms with Crippen LogP contribution in [0.3, 0.4) is 0 Å². The Balaban J connectivity index is 1.42. The molecule has 0 aromatic carbocycles. The van der Waals surface area contributed by atoms with Crippen molar-refractivity contribution in [3.63, 3.8) is 0 Å². The van der Waals surface area contributed by atoms with Crippen LogP contribution in [0.1, 0.15) is 24.6 Å². The van der Waals surface area contributed by atoms with Crippen LogP contribution in [0.2, 0.25) is 5.02 Å². The van der Waals surface area contributed by atoms with Gasteiger partial charge in [0.25, 0.3) is 5.88 Å². The minimum absolute atomic E-state index is 0.337. The zero-order chi connectivity index (χ0) is 20.7. The number of piperidine rings is 1. The van der Waals surface area contributed by atoms with Crippen LogP contribution in [0.4, 0.5) is 21.8 Å². The molecule has 5 heterocycles. The zero-order valence-corrected chi connectivity index (χ0v) is 17.5. The summed E-state index contributed by atoms with van der Waals surface area (Å²) >= 11 is 6.18. The smallest absolute Gasteiger partial charge is 0.257 e. The molecule has 2 saturated heterocycles. The molecule has 30 heavy (non-hydrogen) atoms. The predicted octanol–water partition coefficient (Wildman–Crippen LogP) is 2.56. The fraction of sp³-hybridized carbons (Fsp3) is 0.632. The minimum Gasteiger partial charge on any atom is -0.475 e. The molecule has 3 aliphatic heterocycles. The first-order chi connectivity index (χ1) is 14.6. The Morgan fingerprint density at radius 2 is 2.20 bits per heavy atom. The Hall–Kier alpha value is -2.17. The summed E-state index contributed by atoms with van der Waals surface area (Å²) in [5.41, 5.74) is 1.46. The second-order valence-corrected chi connectivity index (χ2v) is 8.32. The summed E-state index contributed by atoms with van der Waals surface area (Å²) in [5.74, 6) is 1.39. The van der Waals surface area contributed by atoms with Crippen LogP contribution in [0.25, 0.3) is 0 Å². The Morgan fingerprint density at radius 1 is 1.33 bits per heavy atom. The van der Waals surface area contributed by atoms with Gasteiger partial charge in [-0.05, 0) is 19.8 Å². The maximum atomic E-state index is 15.2. The van der Waals surface area contributed by atoms with Gasteiger partial charge in [0.15, 0.2) is 5.82 Å². The molecular formula is C19H25ClFN7O2. The molecule has 0 saturated carbocycles. The largest absolute Gasteiger partial charge is 0.475 e. The third-order valence-electron chi connectivity index (χ3n) is 5.94. The maximum Gasteiger partial charge on any atom is 0.257 e. The molecule has 11 heteroatoms. The summed E-state index contributed by atoms with van der Waals surface area (Å²) in [5, 5.41) is 11.5. The van der Waals surface area contributed by atoms with E-state index < -0.39 is 6.17 Å². The van der Waals surface area contributed by atoms with Crippen molar-refractivity contribution in [1.29, 1.82) is 0 Å². The van der Waals surface area contributed by atoms with E-state index in [1.807, 2.05) is 6.92 Å². The standard InChI is InChI=1S/C19H25ClFN7O2/c1-11-16-18(30-6-2-4-22-17-13(20)7-23-19(24-16)25-17)26-28(11)15-3-5-27(8-14(15)21)12-9-29-10-12/h7,12,14-15H,2-6,8-10H2,1H3,(H2,22,23,24,25). The first-order valence-electron chi connectivity index (χ1n) is 10.3. The lowest BCUT2D eigenvalue weighted by Gasteiger charge is -2.42. The normalized spacial score (nSPS) is 25.2. The number of rotatable bonds is 2. The van der Waals surface area contributed by atoms with Gasteiger partial charge in [0.1, 0.15) is 16.9 Å². The van der Waals surface area contributed by atoms with Crippen molar-refractivity contribution in [2.45, 2.75) is 38.0 Å². The van der Waals surface area contributed by atoms with Crippen molar-refractivity contribution in [2.24, 2.45) is 0 Å². The van der Waals surface area contributed by atoms with Gasteiger partial charge >= 0.3 is 0 Å². The van der Waals surface area contributed by atoms with E-state index in [0.29, 0.717) is 73.7 Å². The number of aromatic nitrogens is 4. The summed E-state index contributed by atoms with van der Waals surface area (Å²) < 4.78 is 28.1. The number of ether oxygens (including phenoxy) is 2. The lowest BCUT2D eigenvalue weighted by Crippen LogP contribution is -2.55. The van der Waals surface area contributed by atoms with Crippen molar-refractivity contribution >= 4 is 29.1 Å². The average molecular weight is 438 g/mol. The highest BCUT2D eigenvalue weighted by Crippen LogP contribution is 2.36. The number of likely N-dealkylation sites (tertiary alicyclic amines) is 1. The Morgan fingerprint density at radius 3 is 2.97 bits per heavy atom. The molecule has 2 aromatic heterocycles. The van der Waals surface area contributed by atoms with Gasteiger partial charge in [0.05, 0.1) is 43.8 Å². The van der Waals surface area contributed by atoms with E-state index in [1.165, 1.54) is 0 Å². The van der Waals surface area contributed by atoms with Gasteiger partial charge in [-0.1, -0.05) is 11.6 Å². The maximum absolute atomic E-state index is 15.2. The number of hydrogen-bond acceptors (Lipinski definition) is 8. The van der Waals surface area contributed by atoms with Crippen molar-refractivity contribution in [3.8, 4) is 5.88 Å². The summed E-state index contributed by atoms with van der Waals surface area (Å²) in [6.45, 7) is 5.65. The molecule has 5 rings (SSSR count). The molecule has 2 fully saturated rings. The monoisotopic (exact) mass is 437 g/mol. The van der Waals surface area contributed by atoms with Gasteiger partial charge in [-0.15, -0.1) is 5.10 Å². The van der Waals surface area contributed by atoms with E-state index in [4.69, 9.17) is 21.1 Å². The molecule has 0 amide bonds. The molecule has 2 N–H and O–H groups in total. The summed E-state index contributed by atoms with van der Waals surface area (Å²) in [7, 11) is 0. The molecule has 2 atom stereocenters. The minimum atomic E-state index is -1.01. The number of fused-ring (bicyclic) bond motifs is 3. The number of alkyl halides is 1. The van der Waals surface area contributed by atoms with Crippen LogP contribution in [-0.2, 0) is 4.74 Å². The fourth-order valence-electron chi connectivity index (χ4n) is 4.13. The van der Waals surface area contributed by atoms with Crippen molar-refractivity contribution in [3.05, 3.63) is 16.9 Å². The van der Waals surface area contributed by atoms with Gasteiger partial charge in [-0.2, -0.15) is 4.98 Å². The van der Waals surface area contributed by atoms with Gasteiger partial charge in [0.2, 0.25) is 5.95 Å². The second kappa shape index (κ2) is 8.16. The number of hydrogen-bond donors (Lipinski definition) is 2. The summed E-state index contributed by atoms with van der Waals surface area (Å²) in [6.07, 6.45) is 1.97. The van der Waals surface area contributed by atoms with Crippen LogP contribution in [0, 0.1) is 6.92 Å². The van der Waals surface area contributed by atoms with Gasteiger partial charge in [-0.3, -0.25) is 9.58 Å². The molecule has 162 valence electrons. The molecule has 0 radical (unpaired) electrons. The Kier molecular flexibility index (Phi) is 5.38. The van der Waals surface area contributed by atoms with Crippen molar-refractivity contribution in [2.75, 3.05) is 50.1 Å². The van der Waals surface area contributed by atoms with E-state index in [2.05, 4.69) is 30.6 Å². The summed E-state index contributed by atoms with van der Waals surface area (Å²) in [4.78, 5) is 10.9. The van der Waals surface area contributed by atoms with Crippen molar-refractivity contribution in [1.82, 2.24) is 24.6 Å². The van der Waals surface area contributed by atoms with Gasteiger partial charge in [-0.25, -0.2) is 9.37 Å². The van der Waals surface area contributed by atoms with Gasteiger partial charge < -0.3 is 20.1 Å². The van der Waals surface area contributed by atoms with Crippen LogP contribution < -0.4 is 15.4 Å². The van der Waals surface area contributed by atoms with Crippen LogP contribution in [0.5, 0.6) is 5.88 Å². The Labute approximate surface area is 178 Å². The van der Waals surface area contributed by atoms with E-state index in [1.54, 1.807) is 10.9 Å². The average Bonchev–Trinajstić information content (AvgIpc) is 2.96. The van der Waals surface area contributed by atoms with E-state index in [9.17, 15) is 0 Å². The highest BCUT2D eigenvalue weighted by Gasteiger charge is 2.37. The molecule has 2 aromatic rings. The number of halogens is 2. The van der Waals surface area contributed by atoms with Crippen LogP contribution in [-0.4, -0.2) is 76.3 Å². The first-order valence-corrected chi connectivity index (χ1v) is 10.7. The third-order valence-corrected chi connectivity index (χ3v) is 6.22. The highest BCUT2D eigenvalue weighted by atomic mass is 35.5. The molecule has 0 spiro atoms. The number of nitrogens with zero attached hydrogens (tertiary/aromatic N) is 5. The van der Waals surface area contributed by atoms with Gasteiger partial charge in [0, 0.05) is 19.6 Å². The molecule has 2 bridgehead atoms. The van der Waals surface area contributed by atoms with Crippen LogP contribution in [0.15, 0.2) is 6.20 Å². The summed E-state index contributed by atoms with van der Waals surface area (Å²) in [6, 6.07) is 0.00542. The molecule has 2 unspecified atom stereocenters. The number of nitrogens with one attached hydrogen (secondary N) is 2. The number of anilines is 3. The molecule has 9 nitrogen and oxygen atoms in total. The lowest BCUT2D eigenvalue weighted by atomic mass is 10.0. The topological polar surface area (TPSA) is 89.4 Å². The van der Waals surface area contributed by atoms with E-state index in [-0.39, 0.29) is 6.04 Å². The highest BCUT2D eigenvalue weighted by molar-refractivity contribution is 6.32. The molecule has 0 aliphatic carbocycles. The predicted molar refractivity (Wildman–Crippen MR) is 111 cm³/mol. The second-order valence-electron chi connectivity index (χ2n) is 7.91. The molecular weight excluding hydrogens is 413 g/mol. The first kappa shape index (κ1) is 19.8. The zero-order valence-electron chi connectivity index (χ0n) is 16.8. The van der Waals surface area contributed by atoms with Crippen molar-refractivity contribution < 1.29 is 13.9 Å². The van der Waals surface area contributed by atoms with E-state index >= 15 is 4.39 Å². The SMILES string of the molecule is Cc1c2c(nn1C1CCN(C3COC3)CC1F)OCCCNc1nc(ncc1Cl)N2. The Bertz CT molecular complexity index is 923.